The monoisotopic (exact) mass is 343 g/mol. The van der Waals surface area contributed by atoms with Gasteiger partial charge in [-0.3, -0.25) is 4.79 Å². The molecule has 0 amide bonds. The smallest absolute Gasteiger partial charge is 0.187 e. The minimum atomic E-state index is -0.0396. The van der Waals surface area contributed by atoms with Crippen LogP contribution in [-0.2, 0) is 0 Å². The average Bonchev–Trinajstić information content (AvgIpc) is 2.69. The van der Waals surface area contributed by atoms with Crippen LogP contribution in [0.15, 0.2) is 84.9 Å². The molecule has 0 fully saturated rings. The van der Waals surface area contributed by atoms with Crippen LogP contribution in [0.3, 0.4) is 0 Å². The summed E-state index contributed by atoms with van der Waals surface area (Å²) in [6.07, 6.45) is 1.64. The molecule has 0 spiro atoms. The van der Waals surface area contributed by atoms with Crippen LogP contribution < -0.4 is 10.1 Å². The van der Waals surface area contributed by atoms with Crippen LogP contribution in [0.4, 0.5) is 5.69 Å². The second kappa shape index (κ2) is 8.17. The highest BCUT2D eigenvalue weighted by atomic mass is 16.5. The predicted octanol–water partition coefficient (Wildman–Crippen LogP) is 5.34. The minimum Gasteiger partial charge on any atom is -0.497 e. The van der Waals surface area contributed by atoms with E-state index in [1.54, 1.807) is 13.2 Å². The molecule has 0 radical (unpaired) electrons. The van der Waals surface area contributed by atoms with Crippen molar-refractivity contribution in [1.29, 1.82) is 0 Å². The molecule has 3 rings (SSSR count). The highest BCUT2D eigenvalue weighted by Crippen LogP contribution is 2.22. The fourth-order valence-electron chi connectivity index (χ4n) is 2.57. The summed E-state index contributed by atoms with van der Waals surface area (Å²) in [6.45, 7) is 2.04. The lowest BCUT2D eigenvalue weighted by atomic mass is 10.1. The Labute approximate surface area is 154 Å². The van der Waals surface area contributed by atoms with Gasteiger partial charge in [0, 0.05) is 23.0 Å². The van der Waals surface area contributed by atoms with E-state index < -0.39 is 0 Å². The highest BCUT2D eigenvalue weighted by molar-refractivity contribution is 6.09. The molecule has 0 saturated carbocycles. The number of hydrogen-bond donors (Lipinski definition) is 1. The first-order valence-electron chi connectivity index (χ1n) is 8.45. The van der Waals surface area contributed by atoms with E-state index in [2.05, 4.69) is 5.32 Å². The molecule has 3 aromatic rings. The number of nitrogens with one attached hydrogen (secondary N) is 1. The van der Waals surface area contributed by atoms with E-state index in [1.807, 2.05) is 85.8 Å². The first kappa shape index (κ1) is 17.5. The molecular formula is C23H21NO2. The van der Waals surface area contributed by atoms with Gasteiger partial charge in [-0.1, -0.05) is 60.2 Å². The normalized spacial score (nSPS) is 11.1. The predicted molar refractivity (Wildman–Crippen MR) is 107 cm³/mol. The molecule has 0 atom stereocenters. The Hall–Kier alpha value is -3.33. The van der Waals surface area contributed by atoms with E-state index in [0.717, 1.165) is 22.7 Å². The third kappa shape index (κ3) is 4.39. The lowest BCUT2D eigenvalue weighted by Gasteiger charge is -2.12. The molecule has 3 heteroatoms. The molecule has 0 saturated heterocycles. The van der Waals surface area contributed by atoms with Crippen LogP contribution >= 0.6 is 0 Å². The van der Waals surface area contributed by atoms with Crippen LogP contribution in [0.5, 0.6) is 5.75 Å². The summed E-state index contributed by atoms with van der Waals surface area (Å²) in [5.74, 6) is 0.749. The van der Waals surface area contributed by atoms with Crippen molar-refractivity contribution in [2.24, 2.45) is 0 Å². The maximum atomic E-state index is 12.6. The second-order valence-corrected chi connectivity index (χ2v) is 6.01. The second-order valence-electron chi connectivity index (χ2n) is 6.01. The number of carbonyl (C=O) groups is 1. The number of methoxy groups -OCH3 is 1. The number of carbonyl (C=O) groups excluding carboxylic acids is 1. The Morgan fingerprint density at radius 2 is 1.50 bits per heavy atom. The lowest BCUT2D eigenvalue weighted by Crippen LogP contribution is -2.03. The van der Waals surface area contributed by atoms with Crippen molar-refractivity contribution in [2.45, 2.75) is 6.92 Å². The van der Waals surface area contributed by atoms with Crippen LogP contribution in [-0.4, -0.2) is 12.9 Å². The zero-order chi connectivity index (χ0) is 18.4. The Morgan fingerprint density at radius 1 is 0.846 bits per heavy atom. The van der Waals surface area contributed by atoms with Gasteiger partial charge < -0.3 is 10.1 Å². The van der Waals surface area contributed by atoms with Gasteiger partial charge in [0.15, 0.2) is 5.78 Å². The van der Waals surface area contributed by atoms with Crippen LogP contribution in [0, 0.1) is 6.92 Å². The average molecular weight is 343 g/mol. The molecule has 0 aliphatic carbocycles. The third-order valence-electron chi connectivity index (χ3n) is 4.07. The van der Waals surface area contributed by atoms with Crippen LogP contribution in [0.2, 0.25) is 0 Å². The molecule has 3 nitrogen and oxygen atoms in total. The fraction of sp³-hybridized carbons (Fsp3) is 0.0870. The van der Waals surface area contributed by atoms with E-state index in [-0.39, 0.29) is 5.78 Å². The Morgan fingerprint density at radius 3 is 2.12 bits per heavy atom. The molecular weight excluding hydrogens is 322 g/mol. The molecule has 3 aromatic carbocycles. The van der Waals surface area contributed by atoms with Gasteiger partial charge in [-0.2, -0.15) is 0 Å². The lowest BCUT2D eigenvalue weighted by molar-refractivity contribution is 0.104. The molecule has 0 aromatic heterocycles. The number of ketones is 1. The van der Waals surface area contributed by atoms with Gasteiger partial charge >= 0.3 is 0 Å². The van der Waals surface area contributed by atoms with Crippen molar-refractivity contribution >= 4 is 17.2 Å². The van der Waals surface area contributed by atoms with Crippen molar-refractivity contribution in [3.05, 3.63) is 102 Å². The van der Waals surface area contributed by atoms with E-state index in [9.17, 15) is 4.79 Å². The number of benzene rings is 3. The summed E-state index contributed by atoms with van der Waals surface area (Å²) in [5.41, 5.74) is 4.43. The molecule has 26 heavy (non-hydrogen) atoms. The molecule has 0 aliphatic heterocycles. The Bertz CT molecular complexity index is 895. The van der Waals surface area contributed by atoms with Gasteiger partial charge in [0.2, 0.25) is 0 Å². The number of anilines is 1. The van der Waals surface area contributed by atoms with E-state index in [1.165, 1.54) is 5.56 Å². The summed E-state index contributed by atoms with van der Waals surface area (Å²) >= 11 is 0. The summed E-state index contributed by atoms with van der Waals surface area (Å²) in [7, 11) is 1.64. The van der Waals surface area contributed by atoms with E-state index >= 15 is 0 Å². The summed E-state index contributed by atoms with van der Waals surface area (Å²) in [4.78, 5) is 12.6. The van der Waals surface area contributed by atoms with Gasteiger partial charge in [-0.15, -0.1) is 0 Å². The molecule has 0 aliphatic rings. The topological polar surface area (TPSA) is 38.3 Å². The number of allylic oxidation sites excluding steroid dienone is 1. The number of aryl methyl sites for hydroxylation is 1. The van der Waals surface area contributed by atoms with E-state index in [0.29, 0.717) is 5.56 Å². The van der Waals surface area contributed by atoms with Gasteiger partial charge in [0.25, 0.3) is 0 Å². The Balaban J connectivity index is 1.94. The van der Waals surface area contributed by atoms with Crippen molar-refractivity contribution in [2.75, 3.05) is 12.4 Å². The molecule has 130 valence electrons. The molecule has 0 bridgehead atoms. The van der Waals surface area contributed by atoms with Crippen LogP contribution in [0.25, 0.3) is 5.70 Å². The summed E-state index contributed by atoms with van der Waals surface area (Å²) in [5, 5.41) is 3.35. The van der Waals surface area contributed by atoms with Crippen molar-refractivity contribution in [3.8, 4) is 5.75 Å². The Kier molecular flexibility index (Phi) is 5.49. The van der Waals surface area contributed by atoms with Crippen LogP contribution in [0.1, 0.15) is 21.5 Å². The van der Waals surface area contributed by atoms with Crippen molar-refractivity contribution in [3.63, 3.8) is 0 Å². The summed E-state index contributed by atoms with van der Waals surface area (Å²) in [6, 6.07) is 25.0. The number of ether oxygens (including phenoxy) is 1. The zero-order valence-corrected chi connectivity index (χ0v) is 14.9. The SMILES string of the molecule is COc1ccc(N/C(=C\C(=O)c2ccccc2)c2ccc(C)cc2)cc1. The van der Waals surface area contributed by atoms with Gasteiger partial charge in [0.1, 0.15) is 5.75 Å². The van der Waals surface area contributed by atoms with E-state index in [4.69, 9.17) is 4.74 Å². The number of rotatable bonds is 6. The standard InChI is InChI=1S/C23H21NO2/c1-17-8-10-18(11-9-17)22(16-23(25)19-6-4-3-5-7-19)24-20-12-14-21(26-2)15-13-20/h3-16,24H,1-2H3/b22-16-. The molecule has 0 heterocycles. The minimum absolute atomic E-state index is 0.0396. The third-order valence-corrected chi connectivity index (χ3v) is 4.07. The zero-order valence-electron chi connectivity index (χ0n) is 14.9. The maximum absolute atomic E-state index is 12.6. The highest BCUT2D eigenvalue weighted by Gasteiger charge is 2.08. The largest absolute Gasteiger partial charge is 0.497 e. The molecule has 1 N–H and O–H groups in total. The van der Waals surface area contributed by atoms with Crippen molar-refractivity contribution < 1.29 is 9.53 Å². The number of hydrogen-bond acceptors (Lipinski definition) is 3. The fourth-order valence-corrected chi connectivity index (χ4v) is 2.57. The first-order valence-corrected chi connectivity index (χ1v) is 8.45. The summed E-state index contributed by atoms with van der Waals surface area (Å²) < 4.78 is 5.20. The van der Waals surface area contributed by atoms with Crippen molar-refractivity contribution in [1.82, 2.24) is 0 Å². The quantitative estimate of drug-likeness (QED) is 0.485. The first-order chi connectivity index (χ1) is 12.7. The van der Waals surface area contributed by atoms with Gasteiger partial charge in [-0.05, 0) is 36.8 Å². The van der Waals surface area contributed by atoms with Gasteiger partial charge in [0.05, 0.1) is 7.11 Å². The maximum Gasteiger partial charge on any atom is 0.187 e. The van der Waals surface area contributed by atoms with Gasteiger partial charge in [-0.25, -0.2) is 0 Å². The molecule has 0 unspecified atom stereocenters.